The Balaban J connectivity index is 1.53. The lowest BCUT2D eigenvalue weighted by Crippen LogP contribution is -2.22. The van der Waals surface area contributed by atoms with E-state index in [2.05, 4.69) is 15.0 Å². The largest absolute Gasteiger partial charge is 0.456 e. The van der Waals surface area contributed by atoms with Crippen LogP contribution in [0, 0.1) is 0 Å². The Morgan fingerprint density at radius 2 is 1.90 bits per heavy atom. The third-order valence-corrected chi connectivity index (χ3v) is 3.93. The zero-order chi connectivity index (χ0) is 14.9. The number of nitrogens with one attached hydrogen (secondary N) is 1. The standard InChI is InChI=1S/C15H18F2N2O2/c16-15(17)9-13(21-14(15)20)10-18-11-3-5-12(6-4-11)19-7-1-2-8-19/h3-6,13,18H,1-2,7-10H2. The molecule has 0 saturated carbocycles. The predicted molar refractivity (Wildman–Crippen MR) is 75.8 cm³/mol. The molecule has 2 heterocycles. The van der Waals surface area contributed by atoms with Gasteiger partial charge in [0.05, 0.1) is 13.0 Å². The molecule has 21 heavy (non-hydrogen) atoms. The molecule has 3 rings (SSSR count). The maximum Gasteiger partial charge on any atom is 0.377 e. The number of alkyl halides is 2. The fourth-order valence-corrected chi connectivity index (χ4v) is 2.76. The SMILES string of the molecule is O=C1OC(CNc2ccc(N3CCCC3)cc2)CC1(F)F. The number of halogens is 2. The molecule has 0 aliphatic carbocycles. The summed E-state index contributed by atoms with van der Waals surface area (Å²) in [5.74, 6) is -4.76. The highest BCUT2D eigenvalue weighted by Crippen LogP contribution is 2.31. The van der Waals surface area contributed by atoms with Crippen LogP contribution in [-0.4, -0.2) is 37.6 Å². The first-order chi connectivity index (χ1) is 10.0. The summed E-state index contributed by atoms with van der Waals surface area (Å²) in [5.41, 5.74) is 2.01. The van der Waals surface area contributed by atoms with Gasteiger partial charge >= 0.3 is 11.9 Å². The highest BCUT2D eigenvalue weighted by molar-refractivity contribution is 5.79. The number of nitrogens with zero attached hydrogens (tertiary/aromatic N) is 1. The molecule has 0 spiro atoms. The minimum atomic E-state index is -3.34. The summed E-state index contributed by atoms with van der Waals surface area (Å²) in [6.07, 6.45) is 1.12. The van der Waals surface area contributed by atoms with E-state index < -0.39 is 24.4 Å². The third kappa shape index (κ3) is 3.09. The zero-order valence-electron chi connectivity index (χ0n) is 11.6. The summed E-state index contributed by atoms with van der Waals surface area (Å²) in [4.78, 5) is 13.2. The number of anilines is 2. The lowest BCUT2D eigenvalue weighted by atomic mass is 10.2. The Kier molecular flexibility index (Phi) is 3.69. The molecule has 6 heteroatoms. The number of carbonyl (C=O) groups is 1. The minimum Gasteiger partial charge on any atom is -0.456 e. The minimum absolute atomic E-state index is 0.199. The molecule has 0 bridgehead atoms. The van der Waals surface area contributed by atoms with E-state index in [0.717, 1.165) is 18.8 Å². The van der Waals surface area contributed by atoms with Crippen molar-refractivity contribution in [3.63, 3.8) is 0 Å². The molecule has 1 unspecified atom stereocenters. The molecule has 4 nitrogen and oxygen atoms in total. The van der Waals surface area contributed by atoms with Gasteiger partial charge in [0.15, 0.2) is 0 Å². The summed E-state index contributed by atoms with van der Waals surface area (Å²) in [7, 11) is 0. The number of esters is 1. The van der Waals surface area contributed by atoms with Crippen molar-refractivity contribution < 1.29 is 18.3 Å². The molecule has 114 valence electrons. The highest BCUT2D eigenvalue weighted by atomic mass is 19.3. The van der Waals surface area contributed by atoms with Crippen LogP contribution >= 0.6 is 0 Å². The van der Waals surface area contributed by atoms with E-state index in [0.29, 0.717) is 0 Å². The average Bonchev–Trinajstić information content (AvgIpc) is 3.06. The van der Waals surface area contributed by atoms with Gasteiger partial charge in [0.25, 0.3) is 0 Å². The van der Waals surface area contributed by atoms with Gasteiger partial charge in [-0.15, -0.1) is 0 Å². The van der Waals surface area contributed by atoms with Crippen LogP contribution in [0.25, 0.3) is 0 Å². The van der Waals surface area contributed by atoms with Crippen LogP contribution in [0.1, 0.15) is 19.3 Å². The first kappa shape index (κ1) is 14.1. The summed E-state index contributed by atoms with van der Waals surface area (Å²) >= 11 is 0. The maximum absolute atomic E-state index is 13.0. The van der Waals surface area contributed by atoms with Gasteiger partial charge in [0.2, 0.25) is 0 Å². The van der Waals surface area contributed by atoms with Crippen molar-refractivity contribution in [1.82, 2.24) is 0 Å². The molecule has 2 fully saturated rings. The summed E-state index contributed by atoms with van der Waals surface area (Å²) in [6.45, 7) is 2.37. The van der Waals surface area contributed by atoms with E-state index in [4.69, 9.17) is 0 Å². The van der Waals surface area contributed by atoms with Crippen molar-refractivity contribution in [3.8, 4) is 0 Å². The van der Waals surface area contributed by atoms with Gasteiger partial charge in [-0.3, -0.25) is 0 Å². The first-order valence-electron chi connectivity index (χ1n) is 7.22. The van der Waals surface area contributed by atoms with Crippen molar-refractivity contribution in [2.75, 3.05) is 29.9 Å². The van der Waals surface area contributed by atoms with Crippen LogP contribution in [-0.2, 0) is 9.53 Å². The lowest BCUT2D eigenvalue weighted by Gasteiger charge is -2.18. The molecule has 0 amide bonds. The Bertz CT molecular complexity index is 513. The van der Waals surface area contributed by atoms with E-state index in [9.17, 15) is 13.6 Å². The van der Waals surface area contributed by atoms with E-state index >= 15 is 0 Å². The number of cyclic esters (lactones) is 1. The summed E-state index contributed by atoms with van der Waals surface area (Å²) in [6, 6.07) is 7.87. The molecular formula is C15H18F2N2O2. The molecular weight excluding hydrogens is 278 g/mol. The lowest BCUT2D eigenvalue weighted by molar-refractivity contribution is -0.158. The molecule has 1 atom stereocenters. The molecule has 2 aliphatic heterocycles. The molecule has 2 saturated heterocycles. The predicted octanol–water partition coefficient (Wildman–Crippen LogP) is 2.65. The molecule has 1 aromatic carbocycles. The van der Waals surface area contributed by atoms with Gasteiger partial charge < -0.3 is 15.0 Å². The van der Waals surface area contributed by atoms with Crippen LogP contribution in [0.15, 0.2) is 24.3 Å². The third-order valence-electron chi connectivity index (χ3n) is 3.93. The Morgan fingerprint density at radius 3 is 2.48 bits per heavy atom. The van der Waals surface area contributed by atoms with Gasteiger partial charge in [-0.1, -0.05) is 0 Å². The van der Waals surface area contributed by atoms with Gasteiger partial charge in [-0.2, -0.15) is 8.78 Å². The second kappa shape index (κ2) is 5.50. The van der Waals surface area contributed by atoms with Gasteiger partial charge in [0.1, 0.15) is 6.10 Å². The fraction of sp³-hybridized carbons (Fsp3) is 0.533. The fourth-order valence-electron chi connectivity index (χ4n) is 2.76. The number of ether oxygens (including phenoxy) is 1. The Morgan fingerprint density at radius 1 is 1.24 bits per heavy atom. The number of hydrogen-bond donors (Lipinski definition) is 1. The van der Waals surface area contributed by atoms with E-state index in [1.54, 1.807) is 0 Å². The Hall–Kier alpha value is -1.85. The molecule has 0 aromatic heterocycles. The molecule has 2 aliphatic rings. The molecule has 0 radical (unpaired) electrons. The average molecular weight is 296 g/mol. The smallest absolute Gasteiger partial charge is 0.377 e. The molecule has 1 aromatic rings. The number of hydrogen-bond acceptors (Lipinski definition) is 4. The van der Waals surface area contributed by atoms with Crippen molar-refractivity contribution in [3.05, 3.63) is 24.3 Å². The van der Waals surface area contributed by atoms with Crippen molar-refractivity contribution in [2.45, 2.75) is 31.3 Å². The van der Waals surface area contributed by atoms with Gasteiger partial charge in [-0.05, 0) is 37.1 Å². The van der Waals surface area contributed by atoms with Crippen LogP contribution < -0.4 is 10.2 Å². The van der Waals surface area contributed by atoms with Crippen LogP contribution in [0.4, 0.5) is 20.2 Å². The molecule has 1 N–H and O–H groups in total. The van der Waals surface area contributed by atoms with Crippen LogP contribution in [0.5, 0.6) is 0 Å². The monoisotopic (exact) mass is 296 g/mol. The number of carbonyl (C=O) groups excluding carboxylic acids is 1. The summed E-state index contributed by atoms with van der Waals surface area (Å²) < 4.78 is 30.7. The second-order valence-corrected chi connectivity index (χ2v) is 5.56. The van der Waals surface area contributed by atoms with Crippen molar-refractivity contribution in [2.24, 2.45) is 0 Å². The quantitative estimate of drug-likeness (QED) is 0.867. The topological polar surface area (TPSA) is 41.6 Å². The summed E-state index contributed by atoms with van der Waals surface area (Å²) in [5, 5.41) is 3.03. The van der Waals surface area contributed by atoms with Crippen molar-refractivity contribution in [1.29, 1.82) is 0 Å². The number of rotatable bonds is 4. The normalized spacial score (nSPS) is 24.2. The second-order valence-electron chi connectivity index (χ2n) is 5.56. The zero-order valence-corrected chi connectivity index (χ0v) is 11.6. The van der Waals surface area contributed by atoms with Crippen LogP contribution in [0.3, 0.4) is 0 Å². The first-order valence-corrected chi connectivity index (χ1v) is 7.22. The maximum atomic E-state index is 13.0. The van der Waals surface area contributed by atoms with Crippen molar-refractivity contribution >= 4 is 17.3 Å². The van der Waals surface area contributed by atoms with Gasteiger partial charge in [-0.25, -0.2) is 4.79 Å². The Labute approximate surface area is 122 Å². The van der Waals surface area contributed by atoms with E-state index in [1.807, 2.05) is 24.3 Å². The van der Waals surface area contributed by atoms with Gasteiger partial charge in [0, 0.05) is 24.5 Å². The highest BCUT2D eigenvalue weighted by Gasteiger charge is 2.50. The number of benzene rings is 1. The van der Waals surface area contributed by atoms with Crippen LogP contribution in [0.2, 0.25) is 0 Å². The van der Waals surface area contributed by atoms with E-state index in [1.165, 1.54) is 18.5 Å². The van der Waals surface area contributed by atoms with E-state index in [-0.39, 0.29) is 6.54 Å².